The lowest BCUT2D eigenvalue weighted by Crippen LogP contribution is -2.11. The Kier molecular flexibility index (Phi) is 5.90. The number of phenolic OH excluding ortho intramolecular Hbond substituents is 1. The topological polar surface area (TPSA) is 71.5 Å². The lowest BCUT2D eigenvalue weighted by Gasteiger charge is -2.08. The van der Waals surface area contributed by atoms with Gasteiger partial charge < -0.3 is 15.2 Å². The number of rotatable bonds is 7. The maximum Gasteiger partial charge on any atom is 0.255 e. The van der Waals surface area contributed by atoms with E-state index < -0.39 is 6.67 Å². The number of aromatic hydroxyl groups is 1. The van der Waals surface area contributed by atoms with Crippen LogP contribution in [-0.2, 0) is 0 Å². The molecule has 0 atom stereocenters. The number of benzene rings is 3. The van der Waals surface area contributed by atoms with Crippen molar-refractivity contribution in [1.82, 2.24) is 4.98 Å². The number of carbonyl (C=O) groups is 1. The van der Waals surface area contributed by atoms with Crippen molar-refractivity contribution >= 4 is 33.1 Å². The summed E-state index contributed by atoms with van der Waals surface area (Å²) in [4.78, 5) is 17.0. The summed E-state index contributed by atoms with van der Waals surface area (Å²) in [7, 11) is 0. The number of fused-ring (bicyclic) bond motifs is 1. The molecule has 7 heteroatoms. The van der Waals surface area contributed by atoms with Crippen LogP contribution in [0.4, 0.5) is 10.1 Å². The fraction of sp³-hybridized carbons (Fsp3) is 0.130. The predicted molar refractivity (Wildman–Crippen MR) is 117 cm³/mol. The Balaban J connectivity index is 1.41. The quantitative estimate of drug-likeness (QED) is 0.377. The number of halogens is 1. The minimum absolute atomic E-state index is 0.218. The van der Waals surface area contributed by atoms with Gasteiger partial charge in [0.05, 0.1) is 23.5 Å². The summed E-state index contributed by atoms with van der Waals surface area (Å²) in [6.07, 6.45) is 0.345. The van der Waals surface area contributed by atoms with Crippen LogP contribution in [0.25, 0.3) is 20.8 Å². The molecule has 1 heterocycles. The highest BCUT2D eigenvalue weighted by molar-refractivity contribution is 7.21. The SMILES string of the molecule is O=C(Nc1ccc(-c2nc3ccc(O)cc3s2)cc1)c1ccc(OCCCF)cc1. The van der Waals surface area contributed by atoms with Crippen LogP contribution >= 0.6 is 11.3 Å². The molecule has 0 unspecified atom stereocenters. The lowest BCUT2D eigenvalue weighted by atomic mass is 10.2. The number of carbonyl (C=O) groups excluding carboxylic acids is 1. The van der Waals surface area contributed by atoms with Crippen LogP contribution in [-0.4, -0.2) is 29.3 Å². The highest BCUT2D eigenvalue weighted by atomic mass is 32.1. The molecular weight excluding hydrogens is 403 g/mol. The molecule has 1 aromatic heterocycles. The largest absolute Gasteiger partial charge is 0.508 e. The van der Waals surface area contributed by atoms with Crippen molar-refractivity contribution < 1.29 is 19.0 Å². The second-order valence-electron chi connectivity index (χ2n) is 6.62. The molecule has 4 rings (SSSR count). The van der Waals surface area contributed by atoms with E-state index >= 15 is 0 Å². The van der Waals surface area contributed by atoms with E-state index in [9.17, 15) is 14.3 Å². The summed E-state index contributed by atoms with van der Waals surface area (Å²) in [5, 5.41) is 13.3. The molecular formula is C23H19FN2O3S. The highest BCUT2D eigenvalue weighted by Gasteiger charge is 2.09. The number of thiazole rings is 1. The minimum atomic E-state index is -0.415. The van der Waals surface area contributed by atoms with Crippen LogP contribution in [0.1, 0.15) is 16.8 Å². The molecule has 152 valence electrons. The monoisotopic (exact) mass is 422 g/mol. The van der Waals surface area contributed by atoms with E-state index in [4.69, 9.17) is 4.74 Å². The third kappa shape index (κ3) is 4.58. The average Bonchev–Trinajstić information content (AvgIpc) is 3.18. The van der Waals surface area contributed by atoms with Crippen LogP contribution in [0.15, 0.2) is 66.7 Å². The second-order valence-corrected chi connectivity index (χ2v) is 7.65. The van der Waals surface area contributed by atoms with Crippen molar-refractivity contribution in [3.63, 3.8) is 0 Å². The molecule has 0 aliphatic rings. The fourth-order valence-corrected chi connectivity index (χ4v) is 3.89. The number of aromatic nitrogens is 1. The Morgan fingerprint density at radius 3 is 2.57 bits per heavy atom. The number of alkyl halides is 1. The number of hydrogen-bond donors (Lipinski definition) is 2. The van der Waals surface area contributed by atoms with Gasteiger partial charge >= 0.3 is 0 Å². The number of anilines is 1. The van der Waals surface area contributed by atoms with Crippen molar-refractivity contribution in [2.75, 3.05) is 18.6 Å². The van der Waals surface area contributed by atoms with Gasteiger partial charge in [-0.25, -0.2) is 4.98 Å². The van der Waals surface area contributed by atoms with Gasteiger partial charge in [-0.3, -0.25) is 9.18 Å². The van der Waals surface area contributed by atoms with Crippen molar-refractivity contribution in [2.24, 2.45) is 0 Å². The summed E-state index contributed by atoms with van der Waals surface area (Å²) in [5.74, 6) is 0.595. The van der Waals surface area contributed by atoms with E-state index in [1.165, 1.54) is 11.3 Å². The van der Waals surface area contributed by atoms with Crippen LogP contribution in [0.2, 0.25) is 0 Å². The molecule has 0 spiro atoms. The van der Waals surface area contributed by atoms with E-state index in [1.54, 1.807) is 42.5 Å². The second kappa shape index (κ2) is 8.92. The molecule has 0 aliphatic carbocycles. The van der Waals surface area contributed by atoms with Gasteiger partial charge in [0, 0.05) is 23.2 Å². The van der Waals surface area contributed by atoms with Gasteiger partial charge in [-0.2, -0.15) is 0 Å². The Morgan fingerprint density at radius 2 is 1.83 bits per heavy atom. The number of nitrogens with one attached hydrogen (secondary N) is 1. The summed E-state index contributed by atoms with van der Waals surface area (Å²) in [5.41, 5.74) is 2.94. The first-order valence-electron chi connectivity index (χ1n) is 9.42. The number of ether oxygens (including phenoxy) is 1. The third-order valence-electron chi connectivity index (χ3n) is 4.42. The molecule has 0 saturated heterocycles. The molecule has 0 fully saturated rings. The van der Waals surface area contributed by atoms with E-state index in [0.717, 1.165) is 20.8 Å². The maximum absolute atomic E-state index is 12.5. The summed E-state index contributed by atoms with van der Waals surface area (Å²) in [6, 6.07) is 19.3. The lowest BCUT2D eigenvalue weighted by molar-refractivity contribution is 0.102. The molecule has 0 aliphatic heterocycles. The van der Waals surface area contributed by atoms with Crippen LogP contribution in [0.5, 0.6) is 11.5 Å². The molecule has 0 radical (unpaired) electrons. The number of hydrogen-bond acceptors (Lipinski definition) is 5. The third-order valence-corrected chi connectivity index (χ3v) is 5.49. The van der Waals surface area contributed by atoms with Crippen molar-refractivity contribution in [2.45, 2.75) is 6.42 Å². The van der Waals surface area contributed by atoms with Gasteiger partial charge in [0.1, 0.15) is 16.5 Å². The molecule has 0 bridgehead atoms. The minimum Gasteiger partial charge on any atom is -0.508 e. The van der Waals surface area contributed by atoms with Crippen LogP contribution in [0.3, 0.4) is 0 Å². The predicted octanol–water partition coefficient (Wildman–Crippen LogP) is 5.66. The fourth-order valence-electron chi connectivity index (χ4n) is 2.88. The molecule has 2 N–H and O–H groups in total. The van der Waals surface area contributed by atoms with Gasteiger partial charge in [0.15, 0.2) is 0 Å². The van der Waals surface area contributed by atoms with Gasteiger partial charge in [-0.15, -0.1) is 11.3 Å². The Bertz CT molecular complexity index is 1160. The van der Waals surface area contributed by atoms with E-state index in [-0.39, 0.29) is 11.7 Å². The van der Waals surface area contributed by atoms with Crippen molar-refractivity contribution in [3.8, 4) is 22.1 Å². The zero-order chi connectivity index (χ0) is 20.9. The number of amides is 1. The molecule has 0 saturated carbocycles. The number of nitrogens with zero attached hydrogens (tertiary/aromatic N) is 1. The first kappa shape index (κ1) is 19.8. The maximum atomic E-state index is 12.5. The average molecular weight is 422 g/mol. The summed E-state index contributed by atoms with van der Waals surface area (Å²) >= 11 is 1.50. The van der Waals surface area contributed by atoms with E-state index in [2.05, 4.69) is 10.3 Å². The van der Waals surface area contributed by atoms with E-state index in [1.807, 2.05) is 24.3 Å². The molecule has 4 aromatic rings. The Morgan fingerprint density at radius 1 is 1.07 bits per heavy atom. The van der Waals surface area contributed by atoms with Crippen molar-refractivity contribution in [1.29, 1.82) is 0 Å². The number of phenols is 1. The molecule has 30 heavy (non-hydrogen) atoms. The molecule has 1 amide bonds. The summed E-state index contributed by atoms with van der Waals surface area (Å²) < 4.78 is 18.4. The van der Waals surface area contributed by atoms with Crippen LogP contribution in [0, 0.1) is 0 Å². The van der Waals surface area contributed by atoms with Crippen molar-refractivity contribution in [3.05, 3.63) is 72.3 Å². The van der Waals surface area contributed by atoms with Gasteiger partial charge in [-0.1, -0.05) is 0 Å². The van der Waals surface area contributed by atoms with Gasteiger partial charge in [-0.05, 0) is 66.7 Å². The standard InChI is InChI=1S/C23H19FN2O3S/c24-12-1-13-29-19-9-4-15(5-10-19)22(28)25-17-6-2-16(3-7-17)23-26-20-11-8-18(27)14-21(20)30-23/h2-11,14,27H,1,12-13H2,(H,25,28). The smallest absolute Gasteiger partial charge is 0.255 e. The Labute approximate surface area is 176 Å². The molecule has 3 aromatic carbocycles. The first-order chi connectivity index (χ1) is 14.6. The Hall–Kier alpha value is -3.45. The van der Waals surface area contributed by atoms with E-state index in [0.29, 0.717) is 30.0 Å². The first-order valence-corrected chi connectivity index (χ1v) is 10.2. The highest BCUT2D eigenvalue weighted by Crippen LogP contribution is 2.32. The molecule has 5 nitrogen and oxygen atoms in total. The van der Waals surface area contributed by atoms with Crippen LogP contribution < -0.4 is 10.1 Å². The van der Waals surface area contributed by atoms with Gasteiger partial charge in [0.25, 0.3) is 5.91 Å². The summed E-state index contributed by atoms with van der Waals surface area (Å²) in [6.45, 7) is -0.105. The zero-order valence-corrected chi connectivity index (χ0v) is 16.8. The zero-order valence-electron chi connectivity index (χ0n) is 16.0. The normalized spacial score (nSPS) is 10.8. The van der Waals surface area contributed by atoms with Gasteiger partial charge in [0.2, 0.25) is 0 Å².